The van der Waals surface area contributed by atoms with Crippen molar-refractivity contribution in [3.63, 3.8) is 0 Å². The molecule has 5 rings (SSSR count). The fourth-order valence-electron chi connectivity index (χ4n) is 8.22. The highest BCUT2D eigenvalue weighted by Crippen LogP contribution is 2.72. The molecule has 172 valence electrons. The molecule has 5 aliphatic rings. The highest BCUT2D eigenvalue weighted by atomic mass is 35.5. The zero-order chi connectivity index (χ0) is 22.6. The van der Waals surface area contributed by atoms with E-state index in [2.05, 4.69) is 0 Å². The fourth-order valence-corrected chi connectivity index (χ4v) is 8.42. The largest absolute Gasteiger partial charge is 0.392 e. The quantitative estimate of drug-likeness (QED) is 0.641. The predicted molar refractivity (Wildman–Crippen MR) is 112 cm³/mol. The average molecular weight is 455 g/mol. The number of carbonyl (C=O) groups is 2. The number of alkyl halides is 2. The molecule has 1 N–H and O–H groups in total. The summed E-state index contributed by atoms with van der Waals surface area (Å²) < 4.78 is 29.7. The summed E-state index contributed by atoms with van der Waals surface area (Å²) in [4.78, 5) is 25.3. The third-order valence-electron chi connectivity index (χ3n) is 9.69. The molecule has 31 heavy (non-hydrogen) atoms. The Hall–Kier alpha value is -0.820. The maximum Gasteiger partial charge on any atom is 0.182 e. The minimum absolute atomic E-state index is 0.0436. The molecule has 0 amide bonds. The standard InChI is InChI=1S/C24H32ClFO5/c1-20(2)30-19-11-16-15-6-5-13-9-14(27)10-17(28)22(13,4)23(15,26)8-7-21(16,3)24(19,31-20)18(29)12-25/h9,15-17,19,28H,5-8,10-12H2,1-4H3/t15-,16-,17?,19?,21-,22+,23?,24+/m0/s1. The van der Waals surface area contributed by atoms with Crippen LogP contribution in [-0.4, -0.2) is 51.8 Å². The summed E-state index contributed by atoms with van der Waals surface area (Å²) in [7, 11) is 0. The molecular weight excluding hydrogens is 423 g/mol. The molecule has 0 bridgehead atoms. The summed E-state index contributed by atoms with van der Waals surface area (Å²) in [6, 6.07) is 0. The molecule has 4 fully saturated rings. The van der Waals surface area contributed by atoms with Gasteiger partial charge in [-0.1, -0.05) is 19.4 Å². The van der Waals surface area contributed by atoms with E-state index in [9.17, 15) is 14.7 Å². The number of carbonyl (C=O) groups excluding carboxylic acids is 2. The van der Waals surface area contributed by atoms with Gasteiger partial charge >= 0.3 is 0 Å². The Kier molecular flexibility index (Phi) is 4.54. The minimum atomic E-state index is -1.65. The summed E-state index contributed by atoms with van der Waals surface area (Å²) in [5.74, 6) is -1.88. The summed E-state index contributed by atoms with van der Waals surface area (Å²) in [6.07, 6.45) is 2.35. The predicted octanol–water partition coefficient (Wildman–Crippen LogP) is 3.89. The maximum atomic E-state index is 17.2. The van der Waals surface area contributed by atoms with Crippen molar-refractivity contribution in [1.29, 1.82) is 0 Å². The molecule has 4 aliphatic carbocycles. The number of ether oxygens (including phenoxy) is 2. The number of rotatable bonds is 2. The summed E-state index contributed by atoms with van der Waals surface area (Å²) in [6.45, 7) is 7.45. The smallest absolute Gasteiger partial charge is 0.182 e. The summed E-state index contributed by atoms with van der Waals surface area (Å²) in [5.41, 5.74) is -3.79. The molecule has 5 nitrogen and oxygen atoms in total. The Bertz CT molecular complexity index is 887. The first-order valence-corrected chi connectivity index (χ1v) is 12.0. The van der Waals surface area contributed by atoms with Crippen LogP contribution in [0.4, 0.5) is 4.39 Å². The van der Waals surface area contributed by atoms with Crippen LogP contribution < -0.4 is 0 Å². The lowest BCUT2D eigenvalue weighted by atomic mass is 9.44. The summed E-state index contributed by atoms with van der Waals surface area (Å²) >= 11 is 6.06. The molecule has 3 saturated carbocycles. The second-order valence-electron chi connectivity index (χ2n) is 11.2. The van der Waals surface area contributed by atoms with Gasteiger partial charge in [0.05, 0.1) is 18.1 Å². The van der Waals surface area contributed by atoms with E-state index in [-0.39, 0.29) is 42.1 Å². The van der Waals surface area contributed by atoms with E-state index in [0.29, 0.717) is 25.7 Å². The maximum absolute atomic E-state index is 17.2. The Morgan fingerprint density at radius 3 is 2.65 bits per heavy atom. The monoisotopic (exact) mass is 454 g/mol. The summed E-state index contributed by atoms with van der Waals surface area (Å²) in [5, 5.41) is 10.9. The van der Waals surface area contributed by atoms with Gasteiger partial charge in [0.15, 0.2) is 23.0 Å². The number of fused-ring (bicyclic) bond motifs is 7. The normalized spacial score (nSPS) is 52.6. The molecule has 0 radical (unpaired) electrons. The fraction of sp³-hybridized carbons (Fsp3) is 0.833. The number of halogens is 2. The van der Waals surface area contributed by atoms with Crippen LogP contribution in [0.25, 0.3) is 0 Å². The van der Waals surface area contributed by atoms with Gasteiger partial charge in [0.1, 0.15) is 5.67 Å². The zero-order valence-corrected chi connectivity index (χ0v) is 19.4. The van der Waals surface area contributed by atoms with Crippen molar-refractivity contribution in [3.05, 3.63) is 11.6 Å². The number of hydrogen-bond acceptors (Lipinski definition) is 5. The van der Waals surface area contributed by atoms with Crippen molar-refractivity contribution < 1.29 is 28.6 Å². The van der Waals surface area contributed by atoms with Gasteiger partial charge in [-0.05, 0) is 63.9 Å². The lowest BCUT2D eigenvalue weighted by Crippen LogP contribution is -2.67. The second-order valence-corrected chi connectivity index (χ2v) is 11.5. The van der Waals surface area contributed by atoms with Gasteiger partial charge in [0, 0.05) is 17.3 Å². The highest BCUT2D eigenvalue weighted by Gasteiger charge is 2.78. The van der Waals surface area contributed by atoms with Crippen LogP contribution in [0.2, 0.25) is 0 Å². The van der Waals surface area contributed by atoms with Crippen LogP contribution >= 0.6 is 11.6 Å². The zero-order valence-electron chi connectivity index (χ0n) is 18.7. The van der Waals surface area contributed by atoms with Gasteiger partial charge in [0.2, 0.25) is 0 Å². The molecule has 0 aromatic heterocycles. The van der Waals surface area contributed by atoms with Gasteiger partial charge in [-0.2, -0.15) is 0 Å². The Balaban J connectivity index is 1.60. The first-order valence-electron chi connectivity index (χ1n) is 11.4. The Morgan fingerprint density at radius 1 is 1.26 bits per heavy atom. The van der Waals surface area contributed by atoms with Crippen LogP contribution in [0.15, 0.2) is 11.6 Å². The molecule has 7 heteroatoms. The van der Waals surface area contributed by atoms with Crippen molar-refractivity contribution in [2.75, 3.05) is 5.88 Å². The molecule has 1 heterocycles. The topological polar surface area (TPSA) is 72.8 Å². The van der Waals surface area contributed by atoms with Crippen LogP contribution in [-0.2, 0) is 19.1 Å². The number of Topliss-reactive ketones (excluding diaryl/α,β-unsaturated/α-hetero) is 1. The molecule has 3 unspecified atom stereocenters. The third kappa shape index (κ3) is 2.43. The average Bonchev–Trinajstić information content (AvgIpc) is 3.09. The van der Waals surface area contributed by atoms with Gasteiger partial charge in [-0.25, -0.2) is 4.39 Å². The van der Waals surface area contributed by atoms with Crippen molar-refractivity contribution >= 4 is 23.2 Å². The van der Waals surface area contributed by atoms with E-state index >= 15 is 4.39 Å². The molecule has 0 aromatic rings. The van der Waals surface area contributed by atoms with Gasteiger partial charge in [-0.3, -0.25) is 9.59 Å². The first kappa shape index (κ1) is 22.0. The van der Waals surface area contributed by atoms with E-state index in [4.69, 9.17) is 21.1 Å². The van der Waals surface area contributed by atoms with Crippen LogP contribution in [0, 0.1) is 22.7 Å². The van der Waals surface area contributed by atoms with Crippen LogP contribution in [0.5, 0.6) is 0 Å². The molecule has 1 aliphatic heterocycles. The van der Waals surface area contributed by atoms with Gasteiger partial charge in [-0.15, -0.1) is 11.6 Å². The first-order chi connectivity index (χ1) is 14.4. The van der Waals surface area contributed by atoms with E-state index in [1.807, 2.05) is 20.8 Å². The Morgan fingerprint density at radius 2 is 1.97 bits per heavy atom. The van der Waals surface area contributed by atoms with Gasteiger partial charge in [0.25, 0.3) is 0 Å². The van der Waals surface area contributed by atoms with Crippen molar-refractivity contribution in [3.8, 4) is 0 Å². The van der Waals surface area contributed by atoms with Crippen molar-refractivity contribution in [2.24, 2.45) is 22.7 Å². The molecule has 8 atom stereocenters. The van der Waals surface area contributed by atoms with E-state index in [1.54, 1.807) is 13.0 Å². The SMILES string of the molecule is CC1(C)OC2C[C@H]3[C@@H]4CCC5=CC(=O)CC(O)[C@]5(C)C4(F)CC[C@]3(C)[C@]2(C(=O)CCl)O1. The van der Waals surface area contributed by atoms with E-state index < -0.39 is 40.1 Å². The van der Waals surface area contributed by atoms with Gasteiger partial charge < -0.3 is 14.6 Å². The Labute approximate surface area is 187 Å². The minimum Gasteiger partial charge on any atom is -0.392 e. The van der Waals surface area contributed by atoms with Crippen molar-refractivity contribution in [1.82, 2.24) is 0 Å². The van der Waals surface area contributed by atoms with Crippen LogP contribution in [0.3, 0.4) is 0 Å². The second kappa shape index (κ2) is 6.40. The number of aliphatic hydroxyl groups is 1. The van der Waals surface area contributed by atoms with Crippen LogP contribution in [0.1, 0.15) is 66.2 Å². The molecule has 0 spiro atoms. The lowest BCUT2D eigenvalue weighted by Gasteiger charge is -2.63. The third-order valence-corrected chi connectivity index (χ3v) is 9.93. The van der Waals surface area contributed by atoms with Crippen molar-refractivity contribution in [2.45, 2.75) is 95.5 Å². The molecular formula is C24H32ClFO5. The molecule has 1 saturated heterocycles. The van der Waals surface area contributed by atoms with E-state index in [1.165, 1.54) is 0 Å². The number of aliphatic hydroxyl groups excluding tert-OH is 1. The lowest BCUT2D eigenvalue weighted by molar-refractivity contribution is -0.231. The molecule has 0 aromatic carbocycles. The highest BCUT2D eigenvalue weighted by molar-refractivity contribution is 6.29. The number of ketones is 2. The number of hydrogen-bond donors (Lipinski definition) is 1. The van der Waals surface area contributed by atoms with E-state index in [0.717, 1.165) is 5.57 Å².